The molecule has 5 nitrogen and oxygen atoms in total. The Morgan fingerprint density at radius 3 is 2.25 bits per heavy atom. The summed E-state index contributed by atoms with van der Waals surface area (Å²) in [7, 11) is 0. The van der Waals surface area contributed by atoms with Crippen LogP contribution >= 0.6 is 11.8 Å². The maximum Gasteiger partial charge on any atom is 0.307 e. The van der Waals surface area contributed by atoms with Crippen LogP contribution in [0, 0.1) is 5.82 Å². The van der Waals surface area contributed by atoms with Crippen LogP contribution in [-0.2, 0) is 14.3 Å². The molecular weight excluding hydrogens is 381 g/mol. The second-order valence-electron chi connectivity index (χ2n) is 6.03. The Labute approximate surface area is 167 Å². The Hall–Kier alpha value is -2.67. The number of halogens is 1. The minimum Gasteiger partial charge on any atom is -0.452 e. The van der Waals surface area contributed by atoms with Crippen molar-refractivity contribution in [2.24, 2.45) is 0 Å². The molecule has 2 rings (SSSR count). The first kappa shape index (κ1) is 21.6. The van der Waals surface area contributed by atoms with Gasteiger partial charge in [-0.3, -0.25) is 14.4 Å². The fourth-order valence-electron chi connectivity index (χ4n) is 2.43. The summed E-state index contributed by atoms with van der Waals surface area (Å²) < 4.78 is 18.1. The Kier molecular flexibility index (Phi) is 8.19. The summed E-state index contributed by atoms with van der Waals surface area (Å²) in [5, 5.41) is 2.58. The van der Waals surface area contributed by atoms with Crippen molar-refractivity contribution in [3.63, 3.8) is 0 Å². The first-order valence-corrected chi connectivity index (χ1v) is 10.1. The maximum atomic E-state index is 12.9. The Morgan fingerprint density at radius 1 is 1.04 bits per heavy atom. The van der Waals surface area contributed by atoms with Crippen LogP contribution in [0.25, 0.3) is 0 Å². The zero-order chi connectivity index (χ0) is 20.5. The number of amides is 1. The predicted molar refractivity (Wildman–Crippen MR) is 107 cm³/mol. The highest BCUT2D eigenvalue weighted by molar-refractivity contribution is 7.98. The second-order valence-corrected chi connectivity index (χ2v) is 6.91. The van der Waals surface area contributed by atoms with E-state index in [1.54, 1.807) is 30.8 Å². The lowest BCUT2D eigenvalue weighted by atomic mass is 10.1. The third-order valence-corrected chi connectivity index (χ3v) is 4.76. The molecule has 0 aliphatic heterocycles. The number of carbonyl (C=O) groups excluding carboxylic acids is 3. The van der Waals surface area contributed by atoms with E-state index in [1.807, 2.05) is 18.4 Å². The summed E-state index contributed by atoms with van der Waals surface area (Å²) in [4.78, 5) is 37.5. The van der Waals surface area contributed by atoms with Gasteiger partial charge in [0.05, 0.1) is 6.42 Å². The number of benzene rings is 2. The van der Waals surface area contributed by atoms with Crippen LogP contribution in [0.2, 0.25) is 0 Å². The number of hydrogen-bond donors (Lipinski definition) is 1. The number of rotatable bonds is 9. The molecule has 0 radical (unpaired) electrons. The third-order valence-electron chi connectivity index (χ3n) is 4.02. The van der Waals surface area contributed by atoms with Gasteiger partial charge in [0.15, 0.2) is 11.9 Å². The van der Waals surface area contributed by atoms with E-state index in [1.165, 1.54) is 24.3 Å². The summed E-state index contributed by atoms with van der Waals surface area (Å²) in [5.41, 5.74) is 0.941. The molecule has 28 heavy (non-hydrogen) atoms. The van der Waals surface area contributed by atoms with Crippen molar-refractivity contribution in [2.75, 3.05) is 11.6 Å². The molecule has 0 saturated heterocycles. The van der Waals surface area contributed by atoms with E-state index in [9.17, 15) is 18.8 Å². The summed E-state index contributed by atoms with van der Waals surface area (Å²) >= 11 is 1.58. The molecule has 1 amide bonds. The fourth-order valence-corrected chi connectivity index (χ4v) is 2.84. The average Bonchev–Trinajstić information content (AvgIpc) is 2.71. The first-order chi connectivity index (χ1) is 13.4. The number of nitrogens with one attached hydrogen (secondary N) is 1. The minimum absolute atomic E-state index is 0.00740. The molecule has 0 fully saturated rings. The van der Waals surface area contributed by atoms with Gasteiger partial charge in [-0.25, -0.2) is 4.39 Å². The number of anilines is 1. The van der Waals surface area contributed by atoms with E-state index in [0.29, 0.717) is 11.3 Å². The van der Waals surface area contributed by atoms with E-state index >= 15 is 0 Å². The van der Waals surface area contributed by atoms with E-state index in [2.05, 4.69) is 5.32 Å². The number of carbonyl (C=O) groups is 3. The van der Waals surface area contributed by atoms with Crippen LogP contribution in [0.1, 0.15) is 36.5 Å². The smallest absolute Gasteiger partial charge is 0.307 e. The van der Waals surface area contributed by atoms with Gasteiger partial charge in [0.25, 0.3) is 5.91 Å². The van der Waals surface area contributed by atoms with Gasteiger partial charge >= 0.3 is 5.97 Å². The number of thioether (sulfide) groups is 1. The number of Topliss-reactive ketones (excluding diaryl/α,β-unsaturated/α-hetero) is 1. The number of ether oxygens (including phenoxy) is 1. The minimum atomic E-state index is -0.978. The molecule has 0 saturated carbocycles. The van der Waals surface area contributed by atoms with Crippen molar-refractivity contribution >= 4 is 35.1 Å². The molecular formula is C21H22FNO4S. The molecule has 0 aromatic heterocycles. The van der Waals surface area contributed by atoms with Gasteiger partial charge in [-0.1, -0.05) is 19.1 Å². The molecule has 1 N–H and O–H groups in total. The molecule has 1 atom stereocenters. The summed E-state index contributed by atoms with van der Waals surface area (Å²) in [6.45, 7) is 1.71. The molecule has 0 spiro atoms. The lowest BCUT2D eigenvalue weighted by Crippen LogP contribution is -2.32. The monoisotopic (exact) mass is 403 g/mol. The Bertz CT molecular complexity index is 821. The topological polar surface area (TPSA) is 72.5 Å². The SMILES string of the molecule is CCC(OC(=O)CCC(=O)c1ccc(SC)cc1)C(=O)Nc1ccc(F)cc1. The Balaban J connectivity index is 1.84. The fraction of sp³-hybridized carbons (Fsp3) is 0.286. The molecule has 0 heterocycles. The quantitative estimate of drug-likeness (QED) is 0.380. The van der Waals surface area contributed by atoms with Gasteiger partial charge in [0.1, 0.15) is 5.82 Å². The van der Waals surface area contributed by atoms with Gasteiger partial charge in [0, 0.05) is 22.6 Å². The zero-order valence-corrected chi connectivity index (χ0v) is 16.6. The molecule has 0 bridgehead atoms. The van der Waals surface area contributed by atoms with Crippen LogP contribution in [0.5, 0.6) is 0 Å². The highest BCUT2D eigenvalue weighted by Crippen LogP contribution is 2.16. The van der Waals surface area contributed by atoms with Crippen molar-refractivity contribution in [1.82, 2.24) is 0 Å². The van der Waals surface area contributed by atoms with E-state index in [-0.39, 0.29) is 25.0 Å². The summed E-state index contributed by atoms with van der Waals surface area (Å²) in [6.07, 6.45) is 1.15. The summed E-state index contributed by atoms with van der Waals surface area (Å²) in [5.74, 6) is -1.69. The van der Waals surface area contributed by atoms with Gasteiger partial charge in [-0.15, -0.1) is 11.8 Å². The largest absolute Gasteiger partial charge is 0.452 e. The molecule has 2 aromatic carbocycles. The molecule has 0 aliphatic carbocycles. The standard InChI is InChI=1S/C21H22FNO4S/c1-3-19(21(26)23-16-8-6-15(22)7-9-16)27-20(25)13-12-18(24)14-4-10-17(28-2)11-5-14/h4-11,19H,3,12-13H2,1-2H3,(H,23,26). The van der Waals surface area contributed by atoms with Gasteiger partial charge in [-0.2, -0.15) is 0 Å². The highest BCUT2D eigenvalue weighted by Gasteiger charge is 2.22. The van der Waals surface area contributed by atoms with Crippen molar-refractivity contribution in [3.05, 3.63) is 59.9 Å². The normalized spacial score (nSPS) is 11.5. The number of hydrogen-bond acceptors (Lipinski definition) is 5. The van der Waals surface area contributed by atoms with E-state index in [4.69, 9.17) is 4.74 Å². The Morgan fingerprint density at radius 2 is 1.68 bits per heavy atom. The van der Waals surface area contributed by atoms with E-state index < -0.39 is 23.8 Å². The van der Waals surface area contributed by atoms with Gasteiger partial charge in [-0.05, 0) is 49.1 Å². The van der Waals surface area contributed by atoms with Crippen molar-refractivity contribution < 1.29 is 23.5 Å². The van der Waals surface area contributed by atoms with Crippen LogP contribution < -0.4 is 5.32 Å². The van der Waals surface area contributed by atoms with Crippen molar-refractivity contribution in [3.8, 4) is 0 Å². The molecule has 7 heteroatoms. The van der Waals surface area contributed by atoms with E-state index in [0.717, 1.165) is 4.90 Å². The number of esters is 1. The third kappa shape index (κ3) is 6.49. The lowest BCUT2D eigenvalue weighted by Gasteiger charge is -2.16. The van der Waals surface area contributed by atoms with Gasteiger partial charge in [0.2, 0.25) is 0 Å². The lowest BCUT2D eigenvalue weighted by molar-refractivity contribution is -0.154. The summed E-state index contributed by atoms with van der Waals surface area (Å²) in [6, 6.07) is 12.4. The number of ketones is 1. The molecule has 0 aliphatic rings. The van der Waals surface area contributed by atoms with Crippen LogP contribution in [-0.4, -0.2) is 30.0 Å². The van der Waals surface area contributed by atoms with Gasteiger partial charge < -0.3 is 10.1 Å². The van der Waals surface area contributed by atoms with Crippen molar-refractivity contribution in [1.29, 1.82) is 0 Å². The van der Waals surface area contributed by atoms with Crippen LogP contribution in [0.4, 0.5) is 10.1 Å². The zero-order valence-electron chi connectivity index (χ0n) is 15.7. The molecule has 148 valence electrons. The molecule has 1 unspecified atom stereocenters. The first-order valence-electron chi connectivity index (χ1n) is 8.86. The predicted octanol–water partition coefficient (Wildman–Crippen LogP) is 4.47. The second kappa shape index (κ2) is 10.6. The van der Waals surface area contributed by atoms with Crippen LogP contribution in [0.3, 0.4) is 0 Å². The van der Waals surface area contributed by atoms with Crippen LogP contribution in [0.15, 0.2) is 53.4 Å². The van der Waals surface area contributed by atoms with Crippen molar-refractivity contribution in [2.45, 2.75) is 37.2 Å². The highest BCUT2D eigenvalue weighted by atomic mass is 32.2. The molecule has 2 aromatic rings. The maximum absolute atomic E-state index is 12.9. The average molecular weight is 403 g/mol.